The van der Waals surface area contributed by atoms with Crippen molar-refractivity contribution >= 4 is 0 Å². The van der Waals surface area contributed by atoms with E-state index >= 15 is 0 Å². The van der Waals surface area contributed by atoms with E-state index in [1.54, 1.807) is 18.5 Å². The van der Waals surface area contributed by atoms with Crippen LogP contribution in [0.2, 0.25) is 0 Å². The Morgan fingerprint density at radius 2 is 1.94 bits per heavy atom. The van der Waals surface area contributed by atoms with Crippen molar-refractivity contribution in [3.8, 4) is 0 Å². The summed E-state index contributed by atoms with van der Waals surface area (Å²) in [6.07, 6.45) is 7.37. The van der Waals surface area contributed by atoms with Crippen LogP contribution in [-0.2, 0) is 6.42 Å². The van der Waals surface area contributed by atoms with Gasteiger partial charge in [-0.1, -0.05) is 6.07 Å². The molecule has 2 aromatic heterocycles. The number of hydrogen-bond acceptors (Lipinski definition) is 5. The molecule has 18 heavy (non-hydrogen) atoms. The fourth-order valence-electron chi connectivity index (χ4n) is 2.61. The highest BCUT2D eigenvalue weighted by Gasteiger charge is 2.32. The molecule has 0 spiro atoms. The molecule has 2 aromatic rings. The summed E-state index contributed by atoms with van der Waals surface area (Å²) in [5, 5.41) is 0. The van der Waals surface area contributed by atoms with Gasteiger partial charge in [-0.15, -0.1) is 0 Å². The zero-order valence-corrected chi connectivity index (χ0v) is 9.95. The molecule has 92 valence electrons. The molecule has 2 unspecified atom stereocenters. The van der Waals surface area contributed by atoms with Crippen molar-refractivity contribution in [1.82, 2.24) is 20.4 Å². The smallest absolute Gasteiger partial charge is 0.147 e. The van der Waals surface area contributed by atoms with Gasteiger partial charge in [0.2, 0.25) is 0 Å². The van der Waals surface area contributed by atoms with Crippen LogP contribution >= 0.6 is 0 Å². The lowest BCUT2D eigenvalue weighted by molar-refractivity contribution is 0.427. The molecule has 3 rings (SSSR count). The third-order valence-electron chi connectivity index (χ3n) is 3.45. The Morgan fingerprint density at radius 3 is 2.72 bits per heavy atom. The minimum Gasteiger partial charge on any atom is -0.271 e. The van der Waals surface area contributed by atoms with Crippen LogP contribution in [0.15, 0.2) is 36.8 Å². The van der Waals surface area contributed by atoms with E-state index in [0.29, 0.717) is 0 Å². The van der Waals surface area contributed by atoms with E-state index in [2.05, 4.69) is 26.4 Å². The van der Waals surface area contributed by atoms with Crippen LogP contribution < -0.4 is 11.3 Å². The molecule has 0 saturated heterocycles. The third-order valence-corrected chi connectivity index (χ3v) is 3.45. The fourth-order valence-corrected chi connectivity index (χ4v) is 2.61. The molecule has 1 aliphatic rings. The molecule has 1 aliphatic carbocycles. The van der Waals surface area contributed by atoms with Gasteiger partial charge in [-0.05, 0) is 30.5 Å². The van der Waals surface area contributed by atoms with Crippen molar-refractivity contribution in [1.29, 1.82) is 0 Å². The summed E-state index contributed by atoms with van der Waals surface area (Å²) in [4.78, 5) is 13.1. The van der Waals surface area contributed by atoms with Crippen molar-refractivity contribution in [2.75, 3.05) is 0 Å². The van der Waals surface area contributed by atoms with E-state index < -0.39 is 0 Å². The molecule has 0 radical (unpaired) electrons. The maximum Gasteiger partial charge on any atom is 0.147 e. The average molecular weight is 241 g/mol. The highest BCUT2D eigenvalue weighted by atomic mass is 15.3. The van der Waals surface area contributed by atoms with Crippen LogP contribution in [0.1, 0.15) is 35.5 Å². The summed E-state index contributed by atoms with van der Waals surface area (Å²) in [5.74, 6) is 6.65. The van der Waals surface area contributed by atoms with Crippen LogP contribution in [0.25, 0.3) is 0 Å². The predicted molar refractivity (Wildman–Crippen MR) is 67.4 cm³/mol. The van der Waals surface area contributed by atoms with Gasteiger partial charge in [0, 0.05) is 30.2 Å². The Kier molecular flexibility index (Phi) is 3.00. The molecule has 0 fully saturated rings. The van der Waals surface area contributed by atoms with Crippen molar-refractivity contribution in [3.05, 3.63) is 53.9 Å². The Labute approximate surface area is 105 Å². The number of aromatic nitrogens is 3. The Balaban J connectivity index is 1.95. The van der Waals surface area contributed by atoms with Crippen molar-refractivity contribution < 1.29 is 0 Å². The number of pyridine rings is 1. The van der Waals surface area contributed by atoms with Crippen molar-refractivity contribution in [3.63, 3.8) is 0 Å². The molecule has 5 nitrogen and oxygen atoms in total. The molecule has 2 heterocycles. The maximum absolute atomic E-state index is 5.68. The molecule has 0 saturated carbocycles. The molecule has 0 bridgehead atoms. The van der Waals surface area contributed by atoms with E-state index in [4.69, 9.17) is 5.84 Å². The van der Waals surface area contributed by atoms with E-state index in [1.807, 2.05) is 12.3 Å². The topological polar surface area (TPSA) is 76.7 Å². The summed E-state index contributed by atoms with van der Waals surface area (Å²) >= 11 is 0. The molecular weight excluding hydrogens is 226 g/mol. The quantitative estimate of drug-likeness (QED) is 0.621. The van der Waals surface area contributed by atoms with Gasteiger partial charge >= 0.3 is 0 Å². The number of aryl methyl sites for hydroxylation is 1. The first-order valence-electron chi connectivity index (χ1n) is 6.07. The van der Waals surface area contributed by atoms with Crippen molar-refractivity contribution in [2.24, 2.45) is 5.84 Å². The van der Waals surface area contributed by atoms with E-state index in [0.717, 1.165) is 24.4 Å². The van der Waals surface area contributed by atoms with Crippen LogP contribution in [0.5, 0.6) is 0 Å². The van der Waals surface area contributed by atoms with Crippen LogP contribution in [0.4, 0.5) is 0 Å². The molecule has 0 amide bonds. The molecule has 0 aliphatic heterocycles. The van der Waals surface area contributed by atoms with Crippen molar-refractivity contribution in [2.45, 2.75) is 24.8 Å². The highest BCUT2D eigenvalue weighted by molar-refractivity contribution is 5.30. The van der Waals surface area contributed by atoms with E-state index in [9.17, 15) is 0 Å². The van der Waals surface area contributed by atoms with E-state index in [-0.39, 0.29) is 12.0 Å². The second-order valence-electron chi connectivity index (χ2n) is 4.44. The molecule has 3 N–H and O–H groups in total. The van der Waals surface area contributed by atoms with Crippen LogP contribution in [-0.4, -0.2) is 15.0 Å². The van der Waals surface area contributed by atoms with Gasteiger partial charge in [-0.25, -0.2) is 15.4 Å². The van der Waals surface area contributed by atoms with E-state index in [1.165, 1.54) is 5.56 Å². The van der Waals surface area contributed by atoms with Gasteiger partial charge in [-0.2, -0.15) is 0 Å². The maximum atomic E-state index is 5.68. The predicted octanol–water partition coefficient (Wildman–Crippen LogP) is 1.11. The number of fused-ring (bicyclic) bond motifs is 1. The lowest BCUT2D eigenvalue weighted by Crippen LogP contribution is -2.33. The first-order valence-corrected chi connectivity index (χ1v) is 6.07. The normalized spacial score (nSPS) is 19.5. The number of nitrogens with zero attached hydrogens (tertiary/aromatic N) is 3. The number of nitrogens with two attached hydrogens (primary N) is 1. The first-order chi connectivity index (χ1) is 8.90. The minimum atomic E-state index is -0.0812. The summed E-state index contributed by atoms with van der Waals surface area (Å²) < 4.78 is 0. The number of hydrazine groups is 1. The molecule has 5 heteroatoms. The van der Waals surface area contributed by atoms with Gasteiger partial charge in [0.05, 0.1) is 6.04 Å². The van der Waals surface area contributed by atoms with Gasteiger partial charge in [0.25, 0.3) is 0 Å². The Hall–Kier alpha value is -1.85. The molecule has 0 aromatic carbocycles. The summed E-state index contributed by atoms with van der Waals surface area (Å²) in [6.45, 7) is 0. The summed E-state index contributed by atoms with van der Waals surface area (Å²) in [7, 11) is 0. The Morgan fingerprint density at radius 1 is 1.17 bits per heavy atom. The van der Waals surface area contributed by atoms with Gasteiger partial charge in [0.1, 0.15) is 5.82 Å². The minimum absolute atomic E-state index is 0.0812. The fraction of sp³-hybridized carbons (Fsp3) is 0.308. The number of rotatable bonds is 3. The zero-order chi connectivity index (χ0) is 12.4. The number of nitrogens with one attached hydrogen (secondary N) is 1. The zero-order valence-electron chi connectivity index (χ0n) is 9.95. The largest absolute Gasteiger partial charge is 0.271 e. The lowest BCUT2D eigenvalue weighted by atomic mass is 9.96. The monoisotopic (exact) mass is 241 g/mol. The van der Waals surface area contributed by atoms with Gasteiger partial charge in [0.15, 0.2) is 0 Å². The van der Waals surface area contributed by atoms with Crippen LogP contribution in [0.3, 0.4) is 0 Å². The molecular formula is C13H15N5. The first kappa shape index (κ1) is 11.3. The molecule has 2 atom stereocenters. The summed E-state index contributed by atoms with van der Waals surface area (Å²) in [6, 6.07) is 5.83. The lowest BCUT2D eigenvalue weighted by Gasteiger charge is -2.21. The third kappa shape index (κ3) is 1.87. The Bertz CT molecular complexity index is 528. The second-order valence-corrected chi connectivity index (χ2v) is 4.44. The number of hydrogen-bond donors (Lipinski definition) is 2. The highest BCUT2D eigenvalue weighted by Crippen LogP contribution is 2.38. The SMILES string of the molecule is NNC(c1ncccn1)C1CCc2cccnc21. The standard InChI is InChI=1S/C13H15N5/c14-18-12(13-16-7-2-8-17-13)10-5-4-9-3-1-6-15-11(9)10/h1-3,6-8,10,12,18H,4-5,14H2. The summed E-state index contributed by atoms with van der Waals surface area (Å²) in [5.41, 5.74) is 5.26. The van der Waals surface area contributed by atoms with Gasteiger partial charge in [-0.3, -0.25) is 10.8 Å². The average Bonchev–Trinajstić information content (AvgIpc) is 2.85. The van der Waals surface area contributed by atoms with Crippen LogP contribution in [0, 0.1) is 0 Å². The second kappa shape index (κ2) is 4.80. The van der Waals surface area contributed by atoms with Gasteiger partial charge < -0.3 is 0 Å².